The highest BCUT2D eigenvalue weighted by Crippen LogP contribution is 2.35. The molecule has 150 valence electrons. The lowest BCUT2D eigenvalue weighted by Gasteiger charge is -2.41. The molecule has 1 aliphatic heterocycles. The van der Waals surface area contributed by atoms with Gasteiger partial charge in [0.25, 0.3) is 0 Å². The number of piperidine rings is 1. The van der Waals surface area contributed by atoms with Crippen molar-refractivity contribution in [3.8, 4) is 0 Å². The smallest absolute Gasteiger partial charge is 0.410 e. The van der Waals surface area contributed by atoms with Gasteiger partial charge in [-0.15, -0.1) is 0 Å². The molecular formula is C21H32N2O4. The number of likely N-dealkylation sites (tertiary alicyclic amines) is 1. The van der Waals surface area contributed by atoms with Crippen LogP contribution < -0.4 is 5.73 Å². The Morgan fingerprint density at radius 2 is 1.74 bits per heavy atom. The maximum absolute atomic E-state index is 12.2. The minimum Gasteiger partial charge on any atom is -0.465 e. The number of amides is 1. The summed E-state index contributed by atoms with van der Waals surface area (Å²) in [5, 5.41) is 0. The molecule has 1 amide bonds. The molecule has 6 heteroatoms. The monoisotopic (exact) mass is 376 g/mol. The Kier molecular flexibility index (Phi) is 6.87. The van der Waals surface area contributed by atoms with E-state index < -0.39 is 5.60 Å². The number of hydrogen-bond donors (Lipinski definition) is 1. The van der Waals surface area contributed by atoms with Crippen molar-refractivity contribution in [2.45, 2.75) is 52.1 Å². The molecule has 0 bridgehead atoms. The van der Waals surface area contributed by atoms with Crippen molar-refractivity contribution >= 4 is 12.1 Å². The van der Waals surface area contributed by atoms with Gasteiger partial charge in [-0.3, -0.25) is 0 Å². The summed E-state index contributed by atoms with van der Waals surface area (Å²) < 4.78 is 10.2. The number of benzene rings is 1. The summed E-state index contributed by atoms with van der Waals surface area (Å²) in [6, 6.07) is 7.52. The van der Waals surface area contributed by atoms with Gasteiger partial charge in [-0.05, 0) is 76.1 Å². The number of aryl methyl sites for hydroxylation is 1. The molecule has 27 heavy (non-hydrogen) atoms. The number of methoxy groups -OCH3 is 1. The van der Waals surface area contributed by atoms with Gasteiger partial charge < -0.3 is 20.1 Å². The van der Waals surface area contributed by atoms with Gasteiger partial charge >= 0.3 is 12.1 Å². The summed E-state index contributed by atoms with van der Waals surface area (Å²) >= 11 is 0. The number of carbonyl (C=O) groups is 2. The lowest BCUT2D eigenvalue weighted by molar-refractivity contribution is 0.00990. The summed E-state index contributed by atoms with van der Waals surface area (Å²) in [6.45, 7) is 7.59. The molecule has 2 rings (SSSR count). The molecule has 1 heterocycles. The molecule has 1 aliphatic rings. The van der Waals surface area contributed by atoms with Gasteiger partial charge in [0, 0.05) is 13.1 Å². The molecule has 1 aromatic rings. The molecule has 0 spiro atoms. The number of rotatable bonds is 5. The van der Waals surface area contributed by atoms with Crippen LogP contribution in [0.25, 0.3) is 0 Å². The second-order valence-corrected chi connectivity index (χ2v) is 8.36. The largest absolute Gasteiger partial charge is 0.465 e. The van der Waals surface area contributed by atoms with Crippen LogP contribution in [0.3, 0.4) is 0 Å². The van der Waals surface area contributed by atoms with E-state index in [0.717, 1.165) is 25.7 Å². The standard InChI is InChI=1S/C21H32N2O4/c1-20(2,3)27-19(25)23-13-11-21(15-22,12-14-23)10-9-16-5-7-17(8-6-16)18(24)26-4/h5-8H,9-15,22H2,1-4H3. The van der Waals surface area contributed by atoms with Crippen LogP contribution in [-0.2, 0) is 15.9 Å². The van der Waals surface area contributed by atoms with Crippen molar-refractivity contribution in [1.29, 1.82) is 0 Å². The highest BCUT2D eigenvalue weighted by atomic mass is 16.6. The third kappa shape index (κ3) is 5.96. The van der Waals surface area contributed by atoms with Crippen molar-refractivity contribution < 1.29 is 19.1 Å². The first kappa shape index (κ1) is 21.2. The quantitative estimate of drug-likeness (QED) is 0.797. The molecule has 2 N–H and O–H groups in total. The van der Waals surface area contributed by atoms with Gasteiger partial charge in [0.1, 0.15) is 5.60 Å². The fourth-order valence-corrected chi connectivity index (χ4v) is 3.38. The third-order valence-electron chi connectivity index (χ3n) is 5.23. The first-order chi connectivity index (χ1) is 12.7. The molecule has 1 aromatic carbocycles. The van der Waals surface area contributed by atoms with Crippen molar-refractivity contribution in [3.63, 3.8) is 0 Å². The molecule has 0 saturated carbocycles. The van der Waals surface area contributed by atoms with E-state index in [1.54, 1.807) is 17.0 Å². The predicted octanol–water partition coefficient (Wildman–Crippen LogP) is 3.38. The van der Waals surface area contributed by atoms with Crippen LogP contribution in [0.1, 0.15) is 56.0 Å². The summed E-state index contributed by atoms with van der Waals surface area (Å²) in [5.41, 5.74) is 7.40. The summed E-state index contributed by atoms with van der Waals surface area (Å²) in [4.78, 5) is 25.5. The van der Waals surface area contributed by atoms with E-state index >= 15 is 0 Å². The SMILES string of the molecule is COC(=O)c1ccc(CCC2(CN)CCN(C(=O)OC(C)(C)C)CC2)cc1. The molecule has 0 aromatic heterocycles. The second-order valence-electron chi connectivity index (χ2n) is 8.36. The van der Waals surface area contributed by atoms with E-state index in [-0.39, 0.29) is 17.5 Å². The van der Waals surface area contributed by atoms with Crippen LogP contribution in [0.2, 0.25) is 0 Å². The zero-order valence-electron chi connectivity index (χ0n) is 16.9. The molecule has 1 fully saturated rings. The third-order valence-corrected chi connectivity index (χ3v) is 5.23. The van der Waals surface area contributed by atoms with E-state index in [9.17, 15) is 9.59 Å². The highest BCUT2D eigenvalue weighted by molar-refractivity contribution is 5.89. The van der Waals surface area contributed by atoms with Crippen LogP contribution in [0.5, 0.6) is 0 Å². The molecule has 1 saturated heterocycles. The van der Waals surface area contributed by atoms with Crippen LogP contribution in [0, 0.1) is 5.41 Å². The average molecular weight is 376 g/mol. The number of carbonyl (C=O) groups excluding carboxylic acids is 2. The van der Waals surface area contributed by atoms with E-state index in [1.807, 2.05) is 32.9 Å². The molecule has 0 aliphatic carbocycles. The van der Waals surface area contributed by atoms with Crippen molar-refractivity contribution in [3.05, 3.63) is 35.4 Å². The Bertz CT molecular complexity index is 641. The van der Waals surface area contributed by atoms with Gasteiger partial charge in [0.2, 0.25) is 0 Å². The number of ether oxygens (including phenoxy) is 2. The Hall–Kier alpha value is -2.08. The maximum Gasteiger partial charge on any atom is 0.410 e. The molecule has 6 nitrogen and oxygen atoms in total. The Morgan fingerprint density at radius 3 is 2.22 bits per heavy atom. The van der Waals surface area contributed by atoms with Gasteiger partial charge in [-0.1, -0.05) is 12.1 Å². The first-order valence-electron chi connectivity index (χ1n) is 9.53. The lowest BCUT2D eigenvalue weighted by Crippen LogP contribution is -2.47. The van der Waals surface area contributed by atoms with Crippen LogP contribution in [0.4, 0.5) is 4.79 Å². The minimum atomic E-state index is -0.476. The lowest BCUT2D eigenvalue weighted by atomic mass is 9.74. The second kappa shape index (κ2) is 8.74. The van der Waals surface area contributed by atoms with E-state index in [4.69, 9.17) is 15.2 Å². The predicted molar refractivity (Wildman–Crippen MR) is 105 cm³/mol. The summed E-state index contributed by atoms with van der Waals surface area (Å²) in [6.07, 6.45) is 3.37. The van der Waals surface area contributed by atoms with Crippen LogP contribution in [-0.4, -0.2) is 49.3 Å². The Labute approximate surface area is 162 Å². The fraction of sp³-hybridized carbons (Fsp3) is 0.619. The zero-order chi connectivity index (χ0) is 20.1. The van der Waals surface area contributed by atoms with Crippen molar-refractivity contribution in [2.24, 2.45) is 11.1 Å². The van der Waals surface area contributed by atoms with Crippen molar-refractivity contribution in [2.75, 3.05) is 26.7 Å². The normalized spacial score (nSPS) is 16.7. The molecular weight excluding hydrogens is 344 g/mol. The first-order valence-corrected chi connectivity index (χ1v) is 9.53. The number of nitrogens with two attached hydrogens (primary N) is 1. The zero-order valence-corrected chi connectivity index (χ0v) is 16.9. The van der Waals surface area contributed by atoms with Gasteiger partial charge in [-0.2, -0.15) is 0 Å². The van der Waals surface area contributed by atoms with Crippen LogP contribution >= 0.6 is 0 Å². The number of nitrogens with zero attached hydrogens (tertiary/aromatic N) is 1. The topological polar surface area (TPSA) is 81.9 Å². The minimum absolute atomic E-state index is 0.0412. The Balaban J connectivity index is 1.90. The summed E-state index contributed by atoms with van der Waals surface area (Å²) in [7, 11) is 1.38. The number of esters is 1. The van der Waals surface area contributed by atoms with E-state index in [1.165, 1.54) is 12.7 Å². The molecule has 0 atom stereocenters. The maximum atomic E-state index is 12.2. The van der Waals surface area contributed by atoms with E-state index in [0.29, 0.717) is 25.2 Å². The van der Waals surface area contributed by atoms with Gasteiger partial charge in [-0.25, -0.2) is 9.59 Å². The Morgan fingerprint density at radius 1 is 1.15 bits per heavy atom. The van der Waals surface area contributed by atoms with Gasteiger partial charge in [0.15, 0.2) is 0 Å². The van der Waals surface area contributed by atoms with E-state index in [2.05, 4.69) is 0 Å². The fourth-order valence-electron chi connectivity index (χ4n) is 3.38. The molecule has 0 radical (unpaired) electrons. The molecule has 0 unspecified atom stereocenters. The number of hydrogen-bond acceptors (Lipinski definition) is 5. The van der Waals surface area contributed by atoms with Crippen LogP contribution in [0.15, 0.2) is 24.3 Å². The van der Waals surface area contributed by atoms with Gasteiger partial charge in [0.05, 0.1) is 12.7 Å². The average Bonchev–Trinajstić information content (AvgIpc) is 2.65. The summed E-state index contributed by atoms with van der Waals surface area (Å²) in [5.74, 6) is -0.325. The van der Waals surface area contributed by atoms with Crippen molar-refractivity contribution in [1.82, 2.24) is 4.90 Å². The highest BCUT2D eigenvalue weighted by Gasteiger charge is 2.35.